The van der Waals surface area contributed by atoms with Crippen LogP contribution in [0.1, 0.15) is 19.8 Å². The number of nitrogens with one attached hydrogen (secondary N) is 2. The summed E-state index contributed by atoms with van der Waals surface area (Å²) in [4.78, 5) is 7.60. The van der Waals surface area contributed by atoms with E-state index in [1.54, 1.807) is 6.92 Å². The van der Waals surface area contributed by atoms with Crippen LogP contribution >= 0.6 is 0 Å². The molecule has 0 bridgehead atoms. The minimum Gasteiger partial charge on any atom is -0.393 e. The second kappa shape index (κ2) is 4.99. The van der Waals surface area contributed by atoms with Gasteiger partial charge in [-0.1, -0.05) is 12.1 Å². The average Bonchev–Trinajstić information content (AvgIpc) is 2.66. The SMILES string of the molecule is CC(O)CCCNc1nc2ccccc2[nH]1. The second-order valence-electron chi connectivity index (χ2n) is 4.02. The predicted molar refractivity (Wildman–Crippen MR) is 65.5 cm³/mol. The van der Waals surface area contributed by atoms with Crippen LogP contribution in [0.5, 0.6) is 0 Å². The Morgan fingerprint density at radius 3 is 3.00 bits per heavy atom. The highest BCUT2D eigenvalue weighted by Gasteiger charge is 2.01. The van der Waals surface area contributed by atoms with E-state index < -0.39 is 0 Å². The molecule has 86 valence electrons. The Labute approximate surface area is 94.7 Å². The summed E-state index contributed by atoms with van der Waals surface area (Å²) in [6.07, 6.45) is 1.53. The molecule has 0 saturated carbocycles. The summed E-state index contributed by atoms with van der Waals surface area (Å²) in [6.45, 7) is 2.63. The van der Waals surface area contributed by atoms with Crippen molar-refractivity contribution in [2.45, 2.75) is 25.9 Å². The Bertz CT molecular complexity index is 417. The van der Waals surface area contributed by atoms with Crippen LogP contribution in [0.15, 0.2) is 24.3 Å². The summed E-state index contributed by atoms with van der Waals surface area (Å²) in [5.74, 6) is 0.798. The molecule has 0 radical (unpaired) electrons. The third-order valence-electron chi connectivity index (χ3n) is 2.48. The van der Waals surface area contributed by atoms with Gasteiger partial charge in [0, 0.05) is 6.54 Å². The number of anilines is 1. The van der Waals surface area contributed by atoms with Crippen molar-refractivity contribution in [2.24, 2.45) is 0 Å². The first kappa shape index (κ1) is 11.0. The Morgan fingerprint density at radius 2 is 2.25 bits per heavy atom. The lowest BCUT2D eigenvalue weighted by Gasteiger charge is -2.04. The van der Waals surface area contributed by atoms with Crippen molar-refractivity contribution in [3.05, 3.63) is 24.3 Å². The van der Waals surface area contributed by atoms with E-state index >= 15 is 0 Å². The Morgan fingerprint density at radius 1 is 1.44 bits per heavy atom. The number of hydrogen-bond donors (Lipinski definition) is 3. The van der Waals surface area contributed by atoms with Crippen molar-refractivity contribution in [3.8, 4) is 0 Å². The van der Waals surface area contributed by atoms with Crippen LogP contribution in [0.3, 0.4) is 0 Å². The van der Waals surface area contributed by atoms with Crippen LogP contribution in [0, 0.1) is 0 Å². The molecule has 0 aliphatic carbocycles. The molecule has 1 aromatic heterocycles. The van der Waals surface area contributed by atoms with E-state index in [1.165, 1.54) is 0 Å². The van der Waals surface area contributed by atoms with Crippen molar-refractivity contribution in [2.75, 3.05) is 11.9 Å². The largest absolute Gasteiger partial charge is 0.393 e. The van der Waals surface area contributed by atoms with Gasteiger partial charge in [-0.3, -0.25) is 0 Å². The van der Waals surface area contributed by atoms with Crippen LogP contribution in [-0.2, 0) is 0 Å². The normalized spacial score (nSPS) is 12.9. The van der Waals surface area contributed by atoms with Crippen molar-refractivity contribution in [3.63, 3.8) is 0 Å². The smallest absolute Gasteiger partial charge is 0.201 e. The fourth-order valence-corrected chi connectivity index (χ4v) is 1.64. The number of aromatic nitrogens is 2. The minimum absolute atomic E-state index is 0.225. The molecule has 1 atom stereocenters. The number of rotatable bonds is 5. The van der Waals surface area contributed by atoms with Crippen LogP contribution in [-0.4, -0.2) is 27.7 Å². The average molecular weight is 219 g/mol. The van der Waals surface area contributed by atoms with Gasteiger partial charge >= 0.3 is 0 Å². The molecule has 4 nitrogen and oxygen atoms in total. The lowest BCUT2D eigenvalue weighted by molar-refractivity contribution is 0.183. The van der Waals surface area contributed by atoms with Gasteiger partial charge in [0.05, 0.1) is 17.1 Å². The number of aliphatic hydroxyl groups is 1. The number of imidazole rings is 1. The van der Waals surface area contributed by atoms with Crippen LogP contribution in [0.2, 0.25) is 0 Å². The first-order valence-electron chi connectivity index (χ1n) is 5.62. The van der Waals surface area contributed by atoms with Crippen molar-refractivity contribution in [1.29, 1.82) is 0 Å². The van der Waals surface area contributed by atoms with Crippen LogP contribution in [0.4, 0.5) is 5.95 Å². The van der Waals surface area contributed by atoms with Crippen LogP contribution < -0.4 is 5.32 Å². The van der Waals surface area contributed by atoms with Crippen LogP contribution in [0.25, 0.3) is 11.0 Å². The van der Waals surface area contributed by atoms with E-state index in [1.807, 2.05) is 24.3 Å². The van der Waals surface area contributed by atoms with E-state index in [-0.39, 0.29) is 6.10 Å². The summed E-state index contributed by atoms with van der Waals surface area (Å²) < 4.78 is 0. The number of aromatic amines is 1. The summed E-state index contributed by atoms with van der Waals surface area (Å²) in [6, 6.07) is 7.94. The quantitative estimate of drug-likeness (QED) is 0.675. The highest BCUT2D eigenvalue weighted by molar-refractivity contribution is 5.77. The fourth-order valence-electron chi connectivity index (χ4n) is 1.64. The molecule has 0 spiro atoms. The molecule has 1 aromatic carbocycles. The molecule has 0 aliphatic heterocycles. The maximum absolute atomic E-state index is 9.11. The molecule has 3 N–H and O–H groups in total. The van der Waals surface area contributed by atoms with Gasteiger partial charge in [-0.2, -0.15) is 0 Å². The zero-order chi connectivity index (χ0) is 11.4. The number of para-hydroxylation sites is 2. The van der Waals surface area contributed by atoms with E-state index in [0.717, 1.165) is 36.4 Å². The molecule has 1 unspecified atom stereocenters. The molecule has 4 heteroatoms. The number of nitrogens with zero attached hydrogens (tertiary/aromatic N) is 1. The molecular weight excluding hydrogens is 202 g/mol. The lowest BCUT2D eigenvalue weighted by Crippen LogP contribution is -2.07. The van der Waals surface area contributed by atoms with Crippen molar-refractivity contribution >= 4 is 17.0 Å². The van der Waals surface area contributed by atoms with Gasteiger partial charge in [0.1, 0.15) is 0 Å². The summed E-state index contributed by atoms with van der Waals surface area (Å²) >= 11 is 0. The maximum Gasteiger partial charge on any atom is 0.201 e. The Hall–Kier alpha value is -1.55. The third-order valence-corrected chi connectivity index (χ3v) is 2.48. The van der Waals surface area contributed by atoms with Gasteiger partial charge in [-0.15, -0.1) is 0 Å². The fraction of sp³-hybridized carbons (Fsp3) is 0.417. The monoisotopic (exact) mass is 219 g/mol. The summed E-state index contributed by atoms with van der Waals surface area (Å²) in [5.41, 5.74) is 2.01. The number of H-pyrrole nitrogens is 1. The zero-order valence-corrected chi connectivity index (χ0v) is 9.40. The summed E-state index contributed by atoms with van der Waals surface area (Å²) in [7, 11) is 0. The molecule has 16 heavy (non-hydrogen) atoms. The molecule has 0 aliphatic rings. The van der Waals surface area contributed by atoms with E-state index in [0.29, 0.717) is 0 Å². The number of benzene rings is 1. The Kier molecular flexibility index (Phi) is 3.41. The van der Waals surface area contributed by atoms with Gasteiger partial charge in [-0.05, 0) is 31.9 Å². The molecule has 0 amide bonds. The first-order chi connectivity index (χ1) is 7.75. The zero-order valence-electron chi connectivity index (χ0n) is 9.40. The summed E-state index contributed by atoms with van der Waals surface area (Å²) in [5, 5.41) is 12.3. The topological polar surface area (TPSA) is 60.9 Å². The number of hydrogen-bond acceptors (Lipinski definition) is 3. The molecule has 0 fully saturated rings. The molecular formula is C12H17N3O. The second-order valence-corrected chi connectivity index (χ2v) is 4.02. The van der Waals surface area contributed by atoms with Gasteiger partial charge in [0.15, 0.2) is 0 Å². The van der Waals surface area contributed by atoms with Crippen molar-refractivity contribution < 1.29 is 5.11 Å². The highest BCUT2D eigenvalue weighted by atomic mass is 16.3. The van der Waals surface area contributed by atoms with E-state index in [9.17, 15) is 0 Å². The van der Waals surface area contributed by atoms with E-state index in [4.69, 9.17) is 5.11 Å². The maximum atomic E-state index is 9.11. The van der Waals surface area contributed by atoms with Crippen molar-refractivity contribution in [1.82, 2.24) is 9.97 Å². The van der Waals surface area contributed by atoms with Gasteiger partial charge in [0.2, 0.25) is 5.95 Å². The molecule has 2 rings (SSSR count). The molecule has 2 aromatic rings. The first-order valence-corrected chi connectivity index (χ1v) is 5.62. The van der Waals surface area contributed by atoms with Gasteiger partial charge < -0.3 is 15.4 Å². The molecule has 1 heterocycles. The lowest BCUT2D eigenvalue weighted by atomic mass is 10.2. The van der Waals surface area contributed by atoms with Gasteiger partial charge in [-0.25, -0.2) is 4.98 Å². The number of aliphatic hydroxyl groups excluding tert-OH is 1. The predicted octanol–water partition coefficient (Wildman–Crippen LogP) is 2.14. The standard InChI is InChI=1S/C12H17N3O/c1-9(16)5-4-8-13-12-14-10-6-2-3-7-11(10)15-12/h2-3,6-7,9,16H,4-5,8H2,1H3,(H2,13,14,15). The Balaban J connectivity index is 1.89. The third kappa shape index (κ3) is 2.73. The van der Waals surface area contributed by atoms with Gasteiger partial charge in [0.25, 0.3) is 0 Å². The van der Waals surface area contributed by atoms with E-state index in [2.05, 4.69) is 15.3 Å². The molecule has 0 saturated heterocycles. The minimum atomic E-state index is -0.225. The number of fused-ring (bicyclic) bond motifs is 1. The highest BCUT2D eigenvalue weighted by Crippen LogP contribution is 2.13.